The fourth-order valence-corrected chi connectivity index (χ4v) is 19.1. The topological polar surface area (TPSA) is 155 Å². The summed E-state index contributed by atoms with van der Waals surface area (Å²) in [6, 6.07) is 153. The number of fused-ring (bicyclic) bond motifs is 18. The molecule has 0 atom stereocenters. The molecule has 0 fully saturated rings. The Bertz CT molecular complexity index is 9320. The van der Waals surface area contributed by atoms with Crippen LogP contribution >= 0.6 is 0 Å². The fourth-order valence-electron chi connectivity index (χ4n) is 19.1. The number of nitrogens with zero attached hydrogens (tertiary/aromatic N) is 9. The highest BCUT2D eigenvalue weighted by Gasteiger charge is 2.25. The van der Waals surface area contributed by atoms with Gasteiger partial charge < -0.3 is 13.3 Å². The highest BCUT2D eigenvalue weighted by atomic mass is 16.3. The van der Waals surface area contributed by atoms with E-state index < -0.39 is 0 Å². The van der Waals surface area contributed by atoms with E-state index in [1.54, 1.807) is 0 Å². The molecule has 21 aromatic carbocycles. The minimum absolute atomic E-state index is 0.616. The van der Waals surface area contributed by atoms with E-state index in [1.807, 2.05) is 152 Å². The van der Waals surface area contributed by atoms with Crippen LogP contribution in [0.15, 0.2) is 456 Å². The number of hydrogen-bond acceptors (Lipinski definition) is 12. The van der Waals surface area contributed by atoms with E-state index >= 15 is 0 Å². The fraction of sp³-hybridized carbons (Fsp3) is 0. The van der Waals surface area contributed by atoms with Gasteiger partial charge >= 0.3 is 0 Å². The van der Waals surface area contributed by atoms with Crippen molar-refractivity contribution in [3.05, 3.63) is 443 Å². The third kappa shape index (κ3) is 14.0. The third-order valence-corrected chi connectivity index (χ3v) is 25.4. The SMILES string of the molecule is c1ccc(-c2nc(-c3ccc4ccccc4c3)nc(-c3ccc(-c4ccc5oc6ccccc6c5c4)c4ccccc34)n2)cc1.c1ccc(-c2nc(-c3ccc4ccccc4c3)nc(-c3ccc(-c4cccc5oc6ccccc6c45)c4ccccc34)n2)cc1.c1ccc(-c2nc(-c3cccc4c3ccc3c5ccccc5ccc43)nc(-c3cccc4oc5ccccc5c34)n2)cc1. The Morgan fingerprint density at radius 1 is 0.120 bits per heavy atom. The lowest BCUT2D eigenvalue weighted by atomic mass is 9.92. The molecule has 27 rings (SSSR count). The van der Waals surface area contributed by atoms with Gasteiger partial charge in [-0.2, -0.15) is 0 Å². The number of furan rings is 3. The van der Waals surface area contributed by atoms with E-state index in [4.69, 9.17) is 58.1 Å². The van der Waals surface area contributed by atoms with Crippen LogP contribution in [0.2, 0.25) is 0 Å². The van der Waals surface area contributed by atoms with Gasteiger partial charge in [0, 0.05) is 82.4 Å². The third-order valence-electron chi connectivity index (χ3n) is 25.4. The summed E-state index contributed by atoms with van der Waals surface area (Å²) in [6.07, 6.45) is 0. The average Bonchev–Trinajstić information content (AvgIpc) is 1.71. The maximum absolute atomic E-state index is 6.23. The average molecular weight is 1700 g/mol. The zero-order valence-corrected chi connectivity index (χ0v) is 71.4. The molecular formula is C121H73N9O3. The van der Waals surface area contributed by atoms with Gasteiger partial charge in [0.05, 0.1) is 0 Å². The van der Waals surface area contributed by atoms with E-state index in [0.717, 1.165) is 176 Å². The van der Waals surface area contributed by atoms with Crippen LogP contribution in [0.3, 0.4) is 0 Å². The van der Waals surface area contributed by atoms with Crippen LogP contribution in [0.5, 0.6) is 0 Å². The maximum Gasteiger partial charge on any atom is 0.164 e. The standard InChI is InChI=1S/2C41H25N3O.C39H23N3O/c1-2-12-27(13-3-1)39-42-40(29-22-21-26-11-4-5-14-28(26)25-29)44-41(43-39)34-24-23-32(30-15-6-7-16-31(30)34)33-18-10-20-37-38(33)35-17-8-9-19-36(35)45-37;1-2-11-27(12-3-1)39-42-40(30-19-18-26-10-4-5-13-28(26)24-30)44-41(43-39)35-22-21-31(32-14-6-7-15-33(32)35)29-20-23-38-36(25-29)34-16-8-9-17-37(34)45-38;1-2-11-25(12-3-1)37-40-38(42-39(41-37)33-17-9-19-35-36(33)32-14-6-7-18-34(32)43-35)31-16-8-15-27-29-21-20-24-10-4-5-13-26(24)28(29)22-23-30(27)31/h2*1-25H;1-23H. The van der Waals surface area contributed by atoms with Crippen molar-refractivity contribution in [3.63, 3.8) is 0 Å². The predicted molar refractivity (Wildman–Crippen MR) is 544 cm³/mol. The molecule has 0 saturated carbocycles. The second-order valence-electron chi connectivity index (χ2n) is 33.3. The smallest absolute Gasteiger partial charge is 0.164 e. The highest BCUT2D eigenvalue weighted by molar-refractivity contribution is 6.21. The minimum Gasteiger partial charge on any atom is -0.456 e. The zero-order chi connectivity index (χ0) is 87.8. The number of aromatic nitrogens is 9. The molecule has 12 heteroatoms. The Balaban J connectivity index is 0.000000107. The highest BCUT2D eigenvalue weighted by Crippen LogP contribution is 2.46. The second-order valence-corrected chi connectivity index (χ2v) is 33.3. The van der Waals surface area contributed by atoms with Crippen LogP contribution in [0.4, 0.5) is 0 Å². The molecule has 0 unspecified atom stereocenters. The van der Waals surface area contributed by atoms with Crippen molar-refractivity contribution in [2.24, 2.45) is 0 Å². The molecule has 620 valence electrons. The van der Waals surface area contributed by atoms with Gasteiger partial charge in [0.2, 0.25) is 0 Å². The predicted octanol–water partition coefficient (Wildman–Crippen LogP) is 31.7. The summed E-state index contributed by atoms with van der Waals surface area (Å²) in [5, 5.41) is 22.8. The molecule has 0 aliphatic carbocycles. The summed E-state index contributed by atoms with van der Waals surface area (Å²) in [7, 11) is 0. The lowest BCUT2D eigenvalue weighted by Gasteiger charge is -2.14. The van der Waals surface area contributed by atoms with Crippen molar-refractivity contribution >= 4 is 141 Å². The van der Waals surface area contributed by atoms with Crippen molar-refractivity contribution in [3.8, 4) is 125 Å². The molecule has 0 aliphatic heterocycles. The summed E-state index contributed by atoms with van der Waals surface area (Å²) in [6.45, 7) is 0. The molecule has 12 nitrogen and oxygen atoms in total. The van der Waals surface area contributed by atoms with Crippen LogP contribution in [-0.2, 0) is 0 Å². The first kappa shape index (κ1) is 77.2. The second kappa shape index (κ2) is 32.6. The normalized spacial score (nSPS) is 11.6. The van der Waals surface area contributed by atoms with Crippen LogP contribution in [0.1, 0.15) is 0 Å². The molecule has 0 N–H and O–H groups in total. The Morgan fingerprint density at radius 3 is 0.955 bits per heavy atom. The summed E-state index contributed by atoms with van der Waals surface area (Å²) < 4.78 is 18.5. The molecule has 0 bridgehead atoms. The molecule has 133 heavy (non-hydrogen) atoms. The van der Waals surface area contributed by atoms with Gasteiger partial charge in [-0.05, 0) is 164 Å². The molecule has 0 amide bonds. The van der Waals surface area contributed by atoms with Crippen LogP contribution in [-0.4, -0.2) is 44.9 Å². The number of para-hydroxylation sites is 3. The van der Waals surface area contributed by atoms with Crippen LogP contribution in [0, 0.1) is 0 Å². The molecule has 0 saturated heterocycles. The number of benzene rings is 21. The zero-order valence-electron chi connectivity index (χ0n) is 71.4. The Kier molecular flexibility index (Phi) is 18.9. The number of hydrogen-bond donors (Lipinski definition) is 0. The van der Waals surface area contributed by atoms with Gasteiger partial charge in [-0.3, -0.25) is 0 Å². The quantitative estimate of drug-likeness (QED) is 0.113. The largest absolute Gasteiger partial charge is 0.456 e. The lowest BCUT2D eigenvalue weighted by molar-refractivity contribution is 0.668. The van der Waals surface area contributed by atoms with E-state index in [9.17, 15) is 0 Å². The summed E-state index contributed by atoms with van der Waals surface area (Å²) >= 11 is 0. The molecule has 27 aromatic rings. The van der Waals surface area contributed by atoms with Gasteiger partial charge in [0.25, 0.3) is 0 Å². The van der Waals surface area contributed by atoms with Crippen LogP contribution < -0.4 is 0 Å². The molecule has 0 radical (unpaired) electrons. The monoisotopic (exact) mass is 1700 g/mol. The van der Waals surface area contributed by atoms with E-state index in [0.29, 0.717) is 52.4 Å². The van der Waals surface area contributed by atoms with Crippen molar-refractivity contribution in [2.45, 2.75) is 0 Å². The van der Waals surface area contributed by atoms with E-state index in [2.05, 4.69) is 291 Å². The van der Waals surface area contributed by atoms with Crippen molar-refractivity contribution in [2.75, 3.05) is 0 Å². The first-order valence-corrected chi connectivity index (χ1v) is 44.4. The van der Waals surface area contributed by atoms with Gasteiger partial charge in [-0.15, -0.1) is 0 Å². The minimum atomic E-state index is 0.616. The van der Waals surface area contributed by atoms with E-state index in [1.165, 1.54) is 37.7 Å². The Hall–Kier alpha value is -18.1. The van der Waals surface area contributed by atoms with Crippen LogP contribution in [0.25, 0.3) is 266 Å². The van der Waals surface area contributed by atoms with E-state index in [-0.39, 0.29) is 0 Å². The Labute approximate surface area is 761 Å². The molecule has 6 aromatic heterocycles. The first-order chi connectivity index (χ1) is 65.9. The summed E-state index contributed by atoms with van der Waals surface area (Å²) in [4.78, 5) is 45.5. The van der Waals surface area contributed by atoms with Gasteiger partial charge in [-0.25, -0.2) is 44.9 Å². The van der Waals surface area contributed by atoms with Crippen molar-refractivity contribution in [1.29, 1.82) is 0 Å². The molecule has 6 heterocycles. The van der Waals surface area contributed by atoms with Gasteiger partial charge in [0.1, 0.15) is 33.5 Å². The lowest BCUT2D eigenvalue weighted by Crippen LogP contribution is -2.00. The molecule has 0 spiro atoms. The van der Waals surface area contributed by atoms with Crippen molar-refractivity contribution < 1.29 is 13.3 Å². The number of rotatable bonds is 11. The first-order valence-electron chi connectivity index (χ1n) is 44.4. The van der Waals surface area contributed by atoms with Crippen molar-refractivity contribution in [1.82, 2.24) is 44.9 Å². The Morgan fingerprint density at radius 2 is 0.414 bits per heavy atom. The molecular weight excluding hydrogens is 1630 g/mol. The summed E-state index contributed by atoms with van der Waals surface area (Å²) in [5.41, 5.74) is 18.3. The molecule has 0 aliphatic rings. The summed E-state index contributed by atoms with van der Waals surface area (Å²) in [5.74, 6) is 5.76. The van der Waals surface area contributed by atoms with Gasteiger partial charge in [0.15, 0.2) is 52.4 Å². The van der Waals surface area contributed by atoms with Gasteiger partial charge in [-0.1, -0.05) is 376 Å². The maximum atomic E-state index is 6.23.